The molecule has 0 aliphatic carbocycles. The van der Waals surface area contributed by atoms with Crippen LogP contribution in [-0.4, -0.2) is 48.4 Å². The lowest BCUT2D eigenvalue weighted by Crippen LogP contribution is -2.35. The molecule has 0 bridgehead atoms. The summed E-state index contributed by atoms with van der Waals surface area (Å²) in [6.07, 6.45) is 5.87. The fraction of sp³-hybridized carbons (Fsp3) is 0.769. The van der Waals surface area contributed by atoms with Crippen LogP contribution in [0.4, 0.5) is 0 Å². The van der Waals surface area contributed by atoms with Crippen molar-refractivity contribution in [3.63, 3.8) is 0 Å². The Balaban J connectivity index is 2.34. The van der Waals surface area contributed by atoms with Crippen LogP contribution in [-0.2, 0) is 4.79 Å². The average molecular weight is 224 g/mol. The summed E-state index contributed by atoms with van der Waals surface area (Å²) in [7, 11) is 0. The van der Waals surface area contributed by atoms with Crippen LogP contribution in [0.25, 0.3) is 0 Å². The van der Waals surface area contributed by atoms with E-state index in [1.165, 1.54) is 0 Å². The van der Waals surface area contributed by atoms with Crippen LogP contribution in [0.3, 0.4) is 0 Å². The molecule has 0 aromatic heterocycles. The van der Waals surface area contributed by atoms with Gasteiger partial charge in [-0.05, 0) is 12.8 Å². The minimum Gasteiger partial charge on any atom is -0.341 e. The SMILES string of the molecule is C=CCN1CCCN(C(=O)CCCC)CC1. The number of unbranched alkanes of at least 4 members (excludes halogenated alkanes) is 1. The van der Waals surface area contributed by atoms with Crippen molar-refractivity contribution in [1.29, 1.82) is 0 Å². The van der Waals surface area contributed by atoms with Crippen molar-refractivity contribution >= 4 is 5.91 Å². The van der Waals surface area contributed by atoms with E-state index in [4.69, 9.17) is 0 Å². The highest BCUT2D eigenvalue weighted by Gasteiger charge is 2.17. The van der Waals surface area contributed by atoms with Crippen LogP contribution in [0, 0.1) is 0 Å². The first kappa shape index (κ1) is 13.2. The van der Waals surface area contributed by atoms with E-state index < -0.39 is 0 Å². The lowest BCUT2D eigenvalue weighted by Gasteiger charge is -2.21. The minimum atomic E-state index is 0.335. The molecule has 3 heteroatoms. The molecule has 0 spiro atoms. The van der Waals surface area contributed by atoms with E-state index in [9.17, 15) is 4.79 Å². The van der Waals surface area contributed by atoms with Crippen LogP contribution in [0.2, 0.25) is 0 Å². The maximum Gasteiger partial charge on any atom is 0.222 e. The second-order valence-corrected chi connectivity index (χ2v) is 4.43. The summed E-state index contributed by atoms with van der Waals surface area (Å²) in [6, 6.07) is 0. The quantitative estimate of drug-likeness (QED) is 0.666. The van der Waals surface area contributed by atoms with Crippen molar-refractivity contribution in [3.05, 3.63) is 12.7 Å². The van der Waals surface area contributed by atoms with E-state index in [0.717, 1.165) is 58.4 Å². The third-order valence-corrected chi connectivity index (χ3v) is 3.07. The molecule has 92 valence electrons. The van der Waals surface area contributed by atoms with Crippen molar-refractivity contribution in [2.24, 2.45) is 0 Å². The molecule has 1 fully saturated rings. The Morgan fingerprint density at radius 3 is 2.81 bits per heavy atom. The monoisotopic (exact) mass is 224 g/mol. The number of nitrogens with zero attached hydrogens (tertiary/aromatic N) is 2. The minimum absolute atomic E-state index is 0.335. The molecule has 1 amide bonds. The molecule has 16 heavy (non-hydrogen) atoms. The second kappa shape index (κ2) is 7.44. The first-order chi connectivity index (χ1) is 7.77. The van der Waals surface area contributed by atoms with E-state index >= 15 is 0 Å². The van der Waals surface area contributed by atoms with Gasteiger partial charge in [-0.15, -0.1) is 6.58 Å². The number of hydrogen-bond acceptors (Lipinski definition) is 2. The van der Waals surface area contributed by atoms with Gasteiger partial charge in [0.05, 0.1) is 0 Å². The van der Waals surface area contributed by atoms with E-state index in [1.54, 1.807) is 0 Å². The topological polar surface area (TPSA) is 23.6 Å². The summed E-state index contributed by atoms with van der Waals surface area (Å²) < 4.78 is 0. The molecule has 1 saturated heterocycles. The second-order valence-electron chi connectivity index (χ2n) is 4.43. The normalized spacial score (nSPS) is 18.2. The van der Waals surface area contributed by atoms with E-state index in [0.29, 0.717) is 5.91 Å². The van der Waals surface area contributed by atoms with Gasteiger partial charge in [-0.1, -0.05) is 19.4 Å². The predicted octanol–water partition coefficient (Wildman–Crippen LogP) is 1.90. The van der Waals surface area contributed by atoms with Gasteiger partial charge in [0.2, 0.25) is 5.91 Å². The Bertz CT molecular complexity index is 228. The number of carbonyl (C=O) groups excluding carboxylic acids is 1. The molecule has 0 aromatic carbocycles. The highest BCUT2D eigenvalue weighted by Crippen LogP contribution is 2.06. The summed E-state index contributed by atoms with van der Waals surface area (Å²) >= 11 is 0. The van der Waals surface area contributed by atoms with Gasteiger partial charge in [-0.2, -0.15) is 0 Å². The molecule has 1 aliphatic rings. The maximum absolute atomic E-state index is 11.9. The average Bonchev–Trinajstić information content (AvgIpc) is 2.52. The zero-order valence-corrected chi connectivity index (χ0v) is 10.5. The first-order valence-corrected chi connectivity index (χ1v) is 6.39. The van der Waals surface area contributed by atoms with Gasteiger partial charge in [0.25, 0.3) is 0 Å². The van der Waals surface area contributed by atoms with E-state index in [-0.39, 0.29) is 0 Å². The molecule has 0 atom stereocenters. The van der Waals surface area contributed by atoms with Crippen LogP contribution >= 0.6 is 0 Å². The summed E-state index contributed by atoms with van der Waals surface area (Å²) in [5.41, 5.74) is 0. The molecule has 0 radical (unpaired) electrons. The molecule has 1 aliphatic heterocycles. The van der Waals surface area contributed by atoms with Gasteiger partial charge in [-0.3, -0.25) is 9.69 Å². The Hall–Kier alpha value is -0.830. The highest BCUT2D eigenvalue weighted by molar-refractivity contribution is 5.76. The lowest BCUT2D eigenvalue weighted by atomic mass is 10.2. The molecule has 0 unspecified atom stereocenters. The summed E-state index contributed by atoms with van der Waals surface area (Å²) in [6.45, 7) is 10.7. The zero-order chi connectivity index (χ0) is 11.8. The van der Waals surface area contributed by atoms with Crippen LogP contribution in [0.5, 0.6) is 0 Å². The van der Waals surface area contributed by atoms with Crippen molar-refractivity contribution in [2.45, 2.75) is 32.6 Å². The predicted molar refractivity (Wildman–Crippen MR) is 67.4 cm³/mol. The Morgan fingerprint density at radius 2 is 2.12 bits per heavy atom. The van der Waals surface area contributed by atoms with Gasteiger partial charge in [0, 0.05) is 39.1 Å². The van der Waals surface area contributed by atoms with E-state index in [2.05, 4.69) is 18.4 Å². The first-order valence-electron chi connectivity index (χ1n) is 6.39. The molecule has 0 aromatic rings. The lowest BCUT2D eigenvalue weighted by molar-refractivity contribution is -0.131. The number of amides is 1. The van der Waals surface area contributed by atoms with Crippen LogP contribution in [0.1, 0.15) is 32.6 Å². The highest BCUT2D eigenvalue weighted by atomic mass is 16.2. The fourth-order valence-corrected chi connectivity index (χ4v) is 2.07. The van der Waals surface area contributed by atoms with Crippen molar-refractivity contribution in [1.82, 2.24) is 9.80 Å². The molecule has 0 saturated carbocycles. The van der Waals surface area contributed by atoms with Crippen LogP contribution in [0.15, 0.2) is 12.7 Å². The van der Waals surface area contributed by atoms with E-state index in [1.807, 2.05) is 11.0 Å². The standard InChI is InChI=1S/C13H24N2O/c1-3-5-7-13(16)15-10-6-9-14(8-4-2)11-12-15/h4H,2-3,5-12H2,1H3. The summed E-state index contributed by atoms with van der Waals surface area (Å²) in [5.74, 6) is 0.335. The maximum atomic E-state index is 11.9. The Morgan fingerprint density at radius 1 is 1.31 bits per heavy atom. The van der Waals surface area contributed by atoms with Crippen molar-refractivity contribution in [2.75, 3.05) is 32.7 Å². The number of hydrogen-bond donors (Lipinski definition) is 0. The van der Waals surface area contributed by atoms with Gasteiger partial charge in [0.15, 0.2) is 0 Å². The number of carbonyl (C=O) groups is 1. The Kier molecular flexibility index (Phi) is 6.16. The van der Waals surface area contributed by atoms with Gasteiger partial charge in [-0.25, -0.2) is 0 Å². The smallest absolute Gasteiger partial charge is 0.222 e. The van der Waals surface area contributed by atoms with Gasteiger partial charge in [0.1, 0.15) is 0 Å². The molecule has 3 nitrogen and oxygen atoms in total. The van der Waals surface area contributed by atoms with Crippen LogP contribution < -0.4 is 0 Å². The molecule has 0 N–H and O–H groups in total. The summed E-state index contributed by atoms with van der Waals surface area (Å²) in [4.78, 5) is 16.2. The Labute approximate surface area is 99.1 Å². The third kappa shape index (κ3) is 4.35. The zero-order valence-electron chi connectivity index (χ0n) is 10.5. The molecular formula is C13H24N2O. The van der Waals surface area contributed by atoms with Gasteiger partial charge < -0.3 is 4.90 Å². The van der Waals surface area contributed by atoms with Crippen molar-refractivity contribution in [3.8, 4) is 0 Å². The number of rotatable bonds is 5. The fourth-order valence-electron chi connectivity index (χ4n) is 2.07. The van der Waals surface area contributed by atoms with Gasteiger partial charge >= 0.3 is 0 Å². The molecular weight excluding hydrogens is 200 g/mol. The summed E-state index contributed by atoms with van der Waals surface area (Å²) in [5, 5.41) is 0. The third-order valence-electron chi connectivity index (χ3n) is 3.07. The molecule has 1 heterocycles. The largest absolute Gasteiger partial charge is 0.341 e. The molecule has 1 rings (SSSR count). The van der Waals surface area contributed by atoms with Crippen molar-refractivity contribution < 1.29 is 4.79 Å².